The molecule has 3 saturated carbocycles. The number of benzene rings is 1. The van der Waals surface area contributed by atoms with Crippen molar-refractivity contribution < 1.29 is 4.79 Å². The molecule has 0 bridgehead atoms. The van der Waals surface area contributed by atoms with Crippen LogP contribution in [0.1, 0.15) is 56.9 Å². The molecule has 3 aliphatic carbocycles. The third-order valence-corrected chi connectivity index (χ3v) is 5.38. The maximum atomic E-state index is 13.2. The molecule has 1 aromatic carbocycles. The van der Waals surface area contributed by atoms with Crippen LogP contribution in [0.5, 0.6) is 0 Å². The summed E-state index contributed by atoms with van der Waals surface area (Å²) in [6.45, 7) is 0. The predicted molar refractivity (Wildman–Crippen MR) is 79.5 cm³/mol. The van der Waals surface area contributed by atoms with E-state index in [4.69, 9.17) is 0 Å². The Kier molecular flexibility index (Phi) is 2.87. The highest BCUT2D eigenvalue weighted by Crippen LogP contribution is 2.51. The van der Waals surface area contributed by atoms with Crippen LogP contribution in [0.3, 0.4) is 0 Å². The Morgan fingerprint density at radius 1 is 0.950 bits per heavy atom. The van der Waals surface area contributed by atoms with Crippen LogP contribution >= 0.6 is 0 Å². The molecule has 0 saturated heterocycles. The number of carbonyl (C=O) groups is 1. The minimum atomic E-state index is -0.160. The van der Waals surface area contributed by atoms with Crippen LogP contribution in [0.25, 0.3) is 0 Å². The third kappa shape index (κ3) is 1.97. The van der Waals surface area contributed by atoms with E-state index in [0.29, 0.717) is 18.0 Å². The second kappa shape index (κ2) is 4.61. The molecular weight excluding hydrogens is 246 g/mol. The first-order chi connectivity index (χ1) is 9.81. The van der Waals surface area contributed by atoms with Crippen molar-refractivity contribution in [2.45, 2.75) is 68.9 Å². The lowest BCUT2D eigenvalue weighted by Gasteiger charge is -2.33. The summed E-state index contributed by atoms with van der Waals surface area (Å²) in [6, 6.07) is 11.6. The van der Waals surface area contributed by atoms with E-state index in [1.165, 1.54) is 44.1 Å². The van der Waals surface area contributed by atoms with Gasteiger partial charge in [0.2, 0.25) is 5.91 Å². The maximum Gasteiger partial charge on any atom is 0.233 e. The highest BCUT2D eigenvalue weighted by molar-refractivity contribution is 5.92. The van der Waals surface area contributed by atoms with Gasteiger partial charge in [-0.1, -0.05) is 43.2 Å². The van der Waals surface area contributed by atoms with Gasteiger partial charge in [-0.15, -0.1) is 0 Å². The quantitative estimate of drug-likeness (QED) is 0.817. The molecule has 0 N–H and O–H groups in total. The number of nitrogens with zero attached hydrogens (tertiary/aromatic N) is 1. The normalized spacial score (nSPS) is 24.6. The molecule has 0 radical (unpaired) electrons. The number of amides is 1. The summed E-state index contributed by atoms with van der Waals surface area (Å²) in [7, 11) is 0. The fraction of sp³-hybridized carbons (Fsp3) is 0.611. The van der Waals surface area contributed by atoms with Crippen molar-refractivity contribution in [3.63, 3.8) is 0 Å². The Hall–Kier alpha value is -1.31. The van der Waals surface area contributed by atoms with E-state index in [1.54, 1.807) is 0 Å². The lowest BCUT2D eigenvalue weighted by molar-refractivity contribution is -0.137. The minimum Gasteiger partial charge on any atom is -0.336 e. The van der Waals surface area contributed by atoms with Crippen LogP contribution < -0.4 is 0 Å². The van der Waals surface area contributed by atoms with Crippen LogP contribution in [-0.4, -0.2) is 22.9 Å². The summed E-state index contributed by atoms with van der Waals surface area (Å²) in [5, 5.41) is 0. The van der Waals surface area contributed by atoms with Gasteiger partial charge < -0.3 is 4.90 Å². The molecule has 20 heavy (non-hydrogen) atoms. The largest absolute Gasteiger partial charge is 0.336 e. The van der Waals surface area contributed by atoms with Gasteiger partial charge in [0.1, 0.15) is 0 Å². The molecule has 0 atom stereocenters. The van der Waals surface area contributed by atoms with Gasteiger partial charge in [-0.3, -0.25) is 4.79 Å². The standard InChI is InChI=1S/C18H23NO/c20-17(18(12-13-18)14-6-2-1-3-7-14)19(16-10-11-16)15-8-4-5-9-15/h1-3,6-7,15-16H,4-5,8-13H2. The van der Waals surface area contributed by atoms with Gasteiger partial charge >= 0.3 is 0 Å². The third-order valence-electron chi connectivity index (χ3n) is 5.38. The number of hydrogen-bond acceptors (Lipinski definition) is 1. The van der Waals surface area contributed by atoms with E-state index in [-0.39, 0.29) is 5.41 Å². The first-order valence-corrected chi connectivity index (χ1v) is 8.19. The number of carbonyl (C=O) groups excluding carboxylic acids is 1. The summed E-state index contributed by atoms with van der Waals surface area (Å²) in [6.07, 6.45) is 9.62. The van der Waals surface area contributed by atoms with E-state index >= 15 is 0 Å². The molecule has 1 aromatic rings. The van der Waals surface area contributed by atoms with Crippen molar-refractivity contribution in [3.8, 4) is 0 Å². The molecule has 3 fully saturated rings. The van der Waals surface area contributed by atoms with Gasteiger partial charge in [0.05, 0.1) is 5.41 Å². The van der Waals surface area contributed by atoms with Crippen molar-refractivity contribution in [2.24, 2.45) is 0 Å². The van der Waals surface area contributed by atoms with E-state index in [2.05, 4.69) is 29.2 Å². The van der Waals surface area contributed by atoms with Crippen molar-refractivity contribution in [2.75, 3.05) is 0 Å². The van der Waals surface area contributed by atoms with Crippen LogP contribution in [0, 0.1) is 0 Å². The molecule has 0 heterocycles. The van der Waals surface area contributed by atoms with E-state index in [0.717, 1.165) is 12.8 Å². The lowest BCUT2D eigenvalue weighted by Crippen LogP contribution is -2.46. The number of rotatable bonds is 4. The zero-order valence-electron chi connectivity index (χ0n) is 12.1. The van der Waals surface area contributed by atoms with Crippen LogP contribution in [0.2, 0.25) is 0 Å². The average molecular weight is 269 g/mol. The van der Waals surface area contributed by atoms with Gasteiger partial charge in [0.25, 0.3) is 0 Å². The van der Waals surface area contributed by atoms with E-state index in [9.17, 15) is 4.79 Å². The summed E-state index contributed by atoms with van der Waals surface area (Å²) < 4.78 is 0. The molecule has 4 rings (SSSR count). The summed E-state index contributed by atoms with van der Waals surface area (Å²) >= 11 is 0. The highest BCUT2D eigenvalue weighted by Gasteiger charge is 2.55. The second-order valence-electron chi connectivity index (χ2n) is 6.83. The average Bonchev–Trinajstić information content (AvgIpc) is 3.40. The Labute approximate surface area is 121 Å². The molecule has 0 aliphatic heterocycles. The first kappa shape index (κ1) is 12.4. The Balaban J connectivity index is 1.61. The van der Waals surface area contributed by atoms with Gasteiger partial charge in [-0.2, -0.15) is 0 Å². The van der Waals surface area contributed by atoms with Crippen molar-refractivity contribution in [1.29, 1.82) is 0 Å². The summed E-state index contributed by atoms with van der Waals surface area (Å²) in [5.74, 6) is 0.443. The summed E-state index contributed by atoms with van der Waals surface area (Å²) in [4.78, 5) is 15.5. The van der Waals surface area contributed by atoms with Gasteiger partial charge in [-0.05, 0) is 44.1 Å². The monoisotopic (exact) mass is 269 g/mol. The van der Waals surface area contributed by atoms with Gasteiger partial charge in [-0.25, -0.2) is 0 Å². The number of hydrogen-bond donors (Lipinski definition) is 0. The van der Waals surface area contributed by atoms with Gasteiger partial charge in [0, 0.05) is 12.1 Å². The van der Waals surface area contributed by atoms with Crippen molar-refractivity contribution in [1.82, 2.24) is 4.90 Å². The Morgan fingerprint density at radius 3 is 2.10 bits per heavy atom. The predicted octanol–water partition coefficient (Wildman–Crippen LogP) is 3.65. The molecule has 3 aliphatic rings. The minimum absolute atomic E-state index is 0.160. The first-order valence-electron chi connectivity index (χ1n) is 8.19. The van der Waals surface area contributed by atoms with Crippen molar-refractivity contribution in [3.05, 3.63) is 35.9 Å². The molecule has 2 heteroatoms. The Morgan fingerprint density at radius 2 is 1.55 bits per heavy atom. The Bertz CT molecular complexity index is 495. The zero-order chi connectivity index (χ0) is 13.6. The molecule has 0 aromatic heterocycles. The van der Waals surface area contributed by atoms with Crippen molar-refractivity contribution >= 4 is 5.91 Å². The molecule has 106 valence electrons. The fourth-order valence-corrected chi connectivity index (χ4v) is 3.92. The molecule has 0 spiro atoms. The smallest absolute Gasteiger partial charge is 0.233 e. The zero-order valence-corrected chi connectivity index (χ0v) is 12.1. The van der Waals surface area contributed by atoms with Crippen LogP contribution in [0.4, 0.5) is 0 Å². The molecule has 2 nitrogen and oxygen atoms in total. The molecule has 1 amide bonds. The fourth-order valence-electron chi connectivity index (χ4n) is 3.92. The maximum absolute atomic E-state index is 13.2. The second-order valence-corrected chi connectivity index (χ2v) is 6.83. The molecule has 0 unspecified atom stereocenters. The van der Waals surface area contributed by atoms with Crippen LogP contribution in [-0.2, 0) is 10.2 Å². The SMILES string of the molecule is O=C(N(C1CCCC1)C1CC1)C1(c2ccccc2)CC1. The van der Waals surface area contributed by atoms with E-state index < -0.39 is 0 Å². The molecular formula is C18H23NO. The lowest BCUT2D eigenvalue weighted by atomic mass is 9.93. The topological polar surface area (TPSA) is 20.3 Å². The van der Waals surface area contributed by atoms with Crippen LogP contribution in [0.15, 0.2) is 30.3 Å². The summed E-state index contributed by atoms with van der Waals surface area (Å²) in [5.41, 5.74) is 1.08. The van der Waals surface area contributed by atoms with E-state index in [1.807, 2.05) is 6.07 Å². The highest BCUT2D eigenvalue weighted by atomic mass is 16.2. The van der Waals surface area contributed by atoms with Gasteiger partial charge in [0.15, 0.2) is 0 Å².